The molecule has 1 aromatic rings. The molecular weight excluding hydrogens is 191 g/mol. The van der Waals surface area contributed by atoms with E-state index in [2.05, 4.69) is 0 Å². The van der Waals surface area contributed by atoms with Crippen molar-refractivity contribution in [2.45, 2.75) is 25.8 Å². The van der Waals surface area contributed by atoms with Crippen LogP contribution in [0, 0.1) is 5.82 Å². The van der Waals surface area contributed by atoms with Crippen LogP contribution in [0.1, 0.15) is 24.1 Å². The Morgan fingerprint density at radius 1 is 1.36 bits per heavy atom. The van der Waals surface area contributed by atoms with Crippen molar-refractivity contribution in [3.63, 3.8) is 0 Å². The highest BCUT2D eigenvalue weighted by atomic mass is 19.3. The van der Waals surface area contributed by atoms with Gasteiger partial charge in [0.2, 0.25) is 6.43 Å². The summed E-state index contributed by atoms with van der Waals surface area (Å²) in [4.78, 5) is 0. The quantitative estimate of drug-likeness (QED) is 0.802. The summed E-state index contributed by atoms with van der Waals surface area (Å²) in [5.41, 5.74) is 5.79. The highest BCUT2D eigenvalue weighted by molar-refractivity contribution is 5.28. The molecule has 14 heavy (non-hydrogen) atoms. The SMILES string of the molecule is C[C@@H](N)c1cccc(CC(F)F)c1F. The first kappa shape index (κ1) is 11.0. The van der Waals surface area contributed by atoms with E-state index in [4.69, 9.17) is 5.73 Å². The van der Waals surface area contributed by atoms with Crippen LogP contribution in [0.5, 0.6) is 0 Å². The van der Waals surface area contributed by atoms with E-state index in [1.807, 2.05) is 0 Å². The lowest BCUT2D eigenvalue weighted by Gasteiger charge is -2.10. The molecule has 0 saturated heterocycles. The largest absolute Gasteiger partial charge is 0.324 e. The summed E-state index contributed by atoms with van der Waals surface area (Å²) in [7, 11) is 0. The third-order valence-corrected chi connectivity index (χ3v) is 1.97. The maximum absolute atomic E-state index is 13.5. The van der Waals surface area contributed by atoms with Gasteiger partial charge >= 0.3 is 0 Å². The second-order valence-corrected chi connectivity index (χ2v) is 3.20. The lowest BCUT2D eigenvalue weighted by Crippen LogP contribution is -2.10. The molecule has 0 spiro atoms. The Balaban J connectivity index is 3.01. The van der Waals surface area contributed by atoms with E-state index < -0.39 is 24.7 Å². The van der Waals surface area contributed by atoms with Crippen LogP contribution in [-0.2, 0) is 6.42 Å². The van der Waals surface area contributed by atoms with E-state index in [0.717, 1.165) is 0 Å². The first-order valence-electron chi connectivity index (χ1n) is 4.33. The molecule has 78 valence electrons. The molecule has 0 aliphatic heterocycles. The van der Waals surface area contributed by atoms with E-state index in [0.29, 0.717) is 0 Å². The normalized spacial score (nSPS) is 13.3. The minimum atomic E-state index is -2.53. The summed E-state index contributed by atoms with van der Waals surface area (Å²) in [5.74, 6) is -0.609. The van der Waals surface area contributed by atoms with Crippen molar-refractivity contribution < 1.29 is 13.2 Å². The Labute approximate surface area is 80.7 Å². The van der Waals surface area contributed by atoms with Gasteiger partial charge in [-0.1, -0.05) is 18.2 Å². The first-order valence-corrected chi connectivity index (χ1v) is 4.33. The van der Waals surface area contributed by atoms with Gasteiger partial charge in [-0.05, 0) is 12.5 Å². The lowest BCUT2D eigenvalue weighted by atomic mass is 10.0. The molecule has 0 radical (unpaired) electrons. The Morgan fingerprint density at radius 2 is 2.00 bits per heavy atom. The maximum Gasteiger partial charge on any atom is 0.242 e. The summed E-state index contributed by atoms with van der Waals surface area (Å²) >= 11 is 0. The Hall–Kier alpha value is -1.03. The summed E-state index contributed by atoms with van der Waals surface area (Å²) in [6, 6.07) is 3.93. The smallest absolute Gasteiger partial charge is 0.242 e. The van der Waals surface area contributed by atoms with Crippen LogP contribution in [0.2, 0.25) is 0 Å². The predicted molar refractivity (Wildman–Crippen MR) is 48.7 cm³/mol. The molecule has 0 unspecified atom stereocenters. The van der Waals surface area contributed by atoms with Gasteiger partial charge in [-0.2, -0.15) is 0 Å². The standard InChI is InChI=1S/C10H12F3N/c1-6(14)8-4-2-3-7(10(8)13)5-9(11)12/h2-4,6,9H,5,14H2,1H3/t6-/m1/s1. The first-order chi connectivity index (χ1) is 6.52. The van der Waals surface area contributed by atoms with Crippen LogP contribution in [0.25, 0.3) is 0 Å². The number of alkyl halides is 2. The van der Waals surface area contributed by atoms with Crippen LogP contribution in [-0.4, -0.2) is 6.43 Å². The molecule has 0 fully saturated rings. The van der Waals surface area contributed by atoms with Gasteiger partial charge in [0, 0.05) is 18.0 Å². The van der Waals surface area contributed by atoms with E-state index >= 15 is 0 Å². The molecule has 1 rings (SSSR count). The number of rotatable bonds is 3. The van der Waals surface area contributed by atoms with Crippen LogP contribution < -0.4 is 5.73 Å². The predicted octanol–water partition coefficient (Wildman–Crippen LogP) is 2.65. The monoisotopic (exact) mass is 203 g/mol. The van der Waals surface area contributed by atoms with Crippen molar-refractivity contribution in [2.24, 2.45) is 5.73 Å². The van der Waals surface area contributed by atoms with Gasteiger partial charge < -0.3 is 5.73 Å². The van der Waals surface area contributed by atoms with E-state index in [1.54, 1.807) is 13.0 Å². The fourth-order valence-electron chi connectivity index (χ4n) is 1.28. The second-order valence-electron chi connectivity index (χ2n) is 3.20. The molecule has 1 nitrogen and oxygen atoms in total. The fourth-order valence-corrected chi connectivity index (χ4v) is 1.28. The van der Waals surface area contributed by atoms with E-state index in [1.165, 1.54) is 12.1 Å². The maximum atomic E-state index is 13.5. The average molecular weight is 203 g/mol. The molecule has 0 aliphatic carbocycles. The number of benzene rings is 1. The molecule has 1 aromatic carbocycles. The van der Waals surface area contributed by atoms with Gasteiger partial charge in [0.15, 0.2) is 0 Å². The van der Waals surface area contributed by atoms with Gasteiger partial charge in [-0.3, -0.25) is 0 Å². The van der Waals surface area contributed by atoms with Crippen molar-refractivity contribution in [3.8, 4) is 0 Å². The van der Waals surface area contributed by atoms with Crippen LogP contribution in [0.15, 0.2) is 18.2 Å². The summed E-state index contributed by atoms with van der Waals surface area (Å²) in [6.45, 7) is 1.62. The van der Waals surface area contributed by atoms with Crippen molar-refractivity contribution in [3.05, 3.63) is 35.1 Å². The van der Waals surface area contributed by atoms with Crippen molar-refractivity contribution >= 4 is 0 Å². The molecule has 0 bridgehead atoms. The molecule has 1 atom stereocenters. The van der Waals surface area contributed by atoms with Gasteiger partial charge in [-0.25, -0.2) is 13.2 Å². The number of halogens is 3. The third-order valence-electron chi connectivity index (χ3n) is 1.97. The molecule has 0 aromatic heterocycles. The minimum absolute atomic E-state index is 0.0230. The Kier molecular flexibility index (Phi) is 3.52. The van der Waals surface area contributed by atoms with Crippen molar-refractivity contribution in [1.29, 1.82) is 0 Å². The van der Waals surface area contributed by atoms with Gasteiger partial charge in [0.05, 0.1) is 0 Å². The van der Waals surface area contributed by atoms with Gasteiger partial charge in [0.1, 0.15) is 5.82 Å². The zero-order valence-electron chi connectivity index (χ0n) is 7.81. The highest BCUT2D eigenvalue weighted by Crippen LogP contribution is 2.20. The average Bonchev–Trinajstić information content (AvgIpc) is 2.07. The van der Waals surface area contributed by atoms with Crippen LogP contribution in [0.4, 0.5) is 13.2 Å². The molecule has 0 heterocycles. The molecule has 0 saturated carbocycles. The zero-order chi connectivity index (χ0) is 10.7. The Morgan fingerprint density at radius 3 is 2.50 bits per heavy atom. The minimum Gasteiger partial charge on any atom is -0.324 e. The topological polar surface area (TPSA) is 26.0 Å². The summed E-state index contributed by atoms with van der Waals surface area (Å²) in [6.07, 6.45) is -3.10. The van der Waals surface area contributed by atoms with E-state index in [-0.39, 0.29) is 11.1 Å². The number of hydrogen-bond donors (Lipinski definition) is 1. The highest BCUT2D eigenvalue weighted by Gasteiger charge is 2.14. The molecule has 2 N–H and O–H groups in total. The summed E-state index contributed by atoms with van der Waals surface area (Å²) < 4.78 is 37.5. The molecular formula is C10H12F3N. The van der Waals surface area contributed by atoms with Crippen molar-refractivity contribution in [1.82, 2.24) is 0 Å². The fraction of sp³-hybridized carbons (Fsp3) is 0.400. The number of hydrogen-bond acceptors (Lipinski definition) is 1. The van der Waals surface area contributed by atoms with Gasteiger partial charge in [0.25, 0.3) is 0 Å². The molecule has 0 aliphatic rings. The number of nitrogens with two attached hydrogens (primary N) is 1. The summed E-state index contributed by atoms with van der Waals surface area (Å²) in [5, 5.41) is 0. The molecule has 4 heteroatoms. The third kappa shape index (κ3) is 2.48. The second kappa shape index (κ2) is 4.46. The van der Waals surface area contributed by atoms with Crippen LogP contribution in [0.3, 0.4) is 0 Å². The van der Waals surface area contributed by atoms with Crippen LogP contribution >= 0.6 is 0 Å². The van der Waals surface area contributed by atoms with E-state index in [9.17, 15) is 13.2 Å². The zero-order valence-corrected chi connectivity index (χ0v) is 7.81. The van der Waals surface area contributed by atoms with Crippen molar-refractivity contribution in [2.75, 3.05) is 0 Å². The van der Waals surface area contributed by atoms with Gasteiger partial charge in [-0.15, -0.1) is 0 Å². The Bertz CT molecular complexity index is 310. The lowest BCUT2D eigenvalue weighted by molar-refractivity contribution is 0.147. The molecule has 0 amide bonds.